The Hall–Kier alpha value is -0.660. The molecule has 0 bridgehead atoms. The number of carbonyl (C=O) groups is 2. The highest BCUT2D eigenvalue weighted by Gasteiger charge is 2.22. The lowest BCUT2D eigenvalue weighted by Gasteiger charge is -2.12. The van der Waals surface area contributed by atoms with Crippen LogP contribution in [0.15, 0.2) is 0 Å². The molecule has 0 fully saturated rings. The van der Waals surface area contributed by atoms with E-state index in [-0.39, 0.29) is 23.4 Å². The molecule has 0 saturated carbocycles. The minimum absolute atomic E-state index is 0.0255. The van der Waals surface area contributed by atoms with Gasteiger partial charge in [0.05, 0.1) is 5.92 Å². The Balaban J connectivity index is 4.27. The number of rotatable bonds is 3. The molecule has 0 aliphatic rings. The van der Waals surface area contributed by atoms with Crippen LogP contribution in [0.4, 0.5) is 0 Å². The molecule has 58 valence electrons. The van der Waals surface area contributed by atoms with Gasteiger partial charge in [-0.15, -0.1) is 0 Å². The lowest BCUT2D eigenvalue weighted by Crippen LogP contribution is -2.24. The van der Waals surface area contributed by atoms with E-state index < -0.39 is 0 Å². The predicted molar refractivity (Wildman–Crippen MR) is 39.7 cm³/mol. The molecular formula is C8H14O2. The Morgan fingerprint density at radius 1 is 1.00 bits per heavy atom. The average Bonchev–Trinajstić information content (AvgIpc) is 1.59. The maximum Gasteiger partial charge on any atom is 0.140 e. The third-order valence-electron chi connectivity index (χ3n) is 1.54. The highest BCUT2D eigenvalue weighted by molar-refractivity contribution is 6.00. The Morgan fingerprint density at radius 2 is 1.30 bits per heavy atom. The Labute approximate surface area is 61.6 Å². The van der Waals surface area contributed by atoms with Crippen LogP contribution in [0.25, 0.3) is 0 Å². The van der Waals surface area contributed by atoms with Gasteiger partial charge in [-0.1, -0.05) is 13.8 Å². The predicted octanol–water partition coefficient (Wildman–Crippen LogP) is 1.44. The average molecular weight is 142 g/mol. The Bertz CT molecular complexity index is 133. The van der Waals surface area contributed by atoms with Crippen molar-refractivity contribution in [2.45, 2.75) is 27.7 Å². The lowest BCUT2D eigenvalue weighted by molar-refractivity contribution is -0.132. The van der Waals surface area contributed by atoms with Gasteiger partial charge in [0, 0.05) is 0 Å². The normalized spacial score (nSPS) is 10.6. The fourth-order valence-corrected chi connectivity index (χ4v) is 1.23. The van der Waals surface area contributed by atoms with E-state index in [4.69, 9.17) is 0 Å². The van der Waals surface area contributed by atoms with E-state index in [0.29, 0.717) is 0 Å². The van der Waals surface area contributed by atoms with Gasteiger partial charge in [-0.3, -0.25) is 9.59 Å². The van der Waals surface area contributed by atoms with Crippen molar-refractivity contribution in [2.24, 2.45) is 11.8 Å². The summed E-state index contributed by atoms with van der Waals surface area (Å²) in [6.07, 6.45) is 0. The molecule has 0 atom stereocenters. The van der Waals surface area contributed by atoms with Crippen molar-refractivity contribution < 1.29 is 9.59 Å². The summed E-state index contributed by atoms with van der Waals surface area (Å²) in [5.74, 6) is -0.306. The van der Waals surface area contributed by atoms with Gasteiger partial charge in [0.2, 0.25) is 0 Å². The van der Waals surface area contributed by atoms with Gasteiger partial charge in [-0.05, 0) is 19.8 Å². The molecule has 2 heteroatoms. The van der Waals surface area contributed by atoms with Gasteiger partial charge in [0.1, 0.15) is 11.6 Å². The molecule has 0 N–H and O–H groups in total. The largest absolute Gasteiger partial charge is 0.299 e. The molecule has 0 spiro atoms. The van der Waals surface area contributed by atoms with Crippen LogP contribution in [0.2, 0.25) is 0 Å². The van der Waals surface area contributed by atoms with Crippen LogP contribution in [-0.2, 0) is 9.59 Å². The molecule has 0 aromatic rings. The molecule has 0 rings (SSSR count). The van der Waals surface area contributed by atoms with Crippen LogP contribution in [0.1, 0.15) is 27.7 Å². The topological polar surface area (TPSA) is 34.1 Å². The van der Waals surface area contributed by atoms with Crippen molar-refractivity contribution >= 4 is 11.6 Å². The minimum Gasteiger partial charge on any atom is -0.299 e. The number of Topliss-reactive ketones (excluding diaryl/α,β-unsaturated/α-hetero) is 2. The maximum absolute atomic E-state index is 10.8. The standard InChI is InChI=1S/C8H14O2/c1-5(2)8(6(3)9)7(4)10/h5,8H,1-4H3. The summed E-state index contributed by atoms with van der Waals surface area (Å²) in [5.41, 5.74) is 0. The zero-order valence-electron chi connectivity index (χ0n) is 6.97. The number of carbonyl (C=O) groups excluding carboxylic acids is 2. The molecule has 0 aliphatic heterocycles. The van der Waals surface area contributed by atoms with Crippen molar-refractivity contribution in [1.82, 2.24) is 0 Å². The maximum atomic E-state index is 10.8. The monoisotopic (exact) mass is 142 g/mol. The van der Waals surface area contributed by atoms with Crippen LogP contribution in [-0.4, -0.2) is 11.6 Å². The van der Waals surface area contributed by atoms with Crippen LogP contribution in [0.3, 0.4) is 0 Å². The van der Waals surface area contributed by atoms with Crippen LogP contribution >= 0.6 is 0 Å². The van der Waals surface area contributed by atoms with E-state index in [0.717, 1.165) is 0 Å². The first-order valence-electron chi connectivity index (χ1n) is 3.47. The third kappa shape index (κ3) is 2.29. The molecule has 0 aliphatic carbocycles. The zero-order chi connectivity index (χ0) is 8.31. The zero-order valence-corrected chi connectivity index (χ0v) is 6.97. The minimum atomic E-state index is -0.389. The quantitative estimate of drug-likeness (QED) is 0.559. The summed E-state index contributed by atoms with van der Waals surface area (Å²) in [4.78, 5) is 21.6. The second-order valence-corrected chi connectivity index (χ2v) is 2.94. The van der Waals surface area contributed by atoms with Gasteiger partial charge in [0.15, 0.2) is 0 Å². The van der Waals surface area contributed by atoms with Crippen molar-refractivity contribution in [3.8, 4) is 0 Å². The second-order valence-electron chi connectivity index (χ2n) is 2.94. The first kappa shape index (κ1) is 9.34. The summed E-state index contributed by atoms with van der Waals surface area (Å²) in [7, 11) is 0. The molecule has 0 amide bonds. The van der Waals surface area contributed by atoms with E-state index in [2.05, 4.69) is 0 Å². The molecule has 0 unspecified atom stereocenters. The first-order chi connectivity index (χ1) is 4.46. The van der Waals surface area contributed by atoms with E-state index in [1.54, 1.807) is 0 Å². The fraction of sp³-hybridized carbons (Fsp3) is 0.750. The molecule has 0 saturated heterocycles. The van der Waals surface area contributed by atoms with Crippen molar-refractivity contribution in [3.05, 3.63) is 0 Å². The van der Waals surface area contributed by atoms with Crippen LogP contribution < -0.4 is 0 Å². The van der Waals surface area contributed by atoms with Crippen molar-refractivity contribution in [2.75, 3.05) is 0 Å². The smallest absolute Gasteiger partial charge is 0.140 e. The number of ketones is 2. The molecule has 0 aromatic carbocycles. The Morgan fingerprint density at radius 3 is 1.30 bits per heavy atom. The summed E-state index contributed by atoms with van der Waals surface area (Å²) in [6.45, 7) is 6.69. The van der Waals surface area contributed by atoms with Gasteiger partial charge in [-0.25, -0.2) is 0 Å². The molecule has 0 radical (unpaired) electrons. The molecule has 0 aromatic heterocycles. The van der Waals surface area contributed by atoms with Gasteiger partial charge >= 0.3 is 0 Å². The Kier molecular flexibility index (Phi) is 3.26. The second kappa shape index (κ2) is 3.49. The van der Waals surface area contributed by atoms with Crippen LogP contribution in [0.5, 0.6) is 0 Å². The van der Waals surface area contributed by atoms with Gasteiger partial charge in [-0.2, -0.15) is 0 Å². The van der Waals surface area contributed by atoms with Crippen LogP contribution in [0, 0.1) is 11.8 Å². The lowest BCUT2D eigenvalue weighted by atomic mass is 9.89. The first-order valence-corrected chi connectivity index (χ1v) is 3.47. The number of hydrogen-bond acceptors (Lipinski definition) is 2. The van der Waals surface area contributed by atoms with Crippen molar-refractivity contribution in [1.29, 1.82) is 0 Å². The van der Waals surface area contributed by atoms with E-state index in [9.17, 15) is 9.59 Å². The summed E-state index contributed by atoms with van der Waals surface area (Å²) in [6, 6.07) is 0. The fourth-order valence-electron chi connectivity index (χ4n) is 1.23. The highest BCUT2D eigenvalue weighted by Crippen LogP contribution is 2.12. The molecule has 10 heavy (non-hydrogen) atoms. The number of hydrogen-bond donors (Lipinski definition) is 0. The molecular weight excluding hydrogens is 128 g/mol. The van der Waals surface area contributed by atoms with Crippen molar-refractivity contribution in [3.63, 3.8) is 0 Å². The highest BCUT2D eigenvalue weighted by atomic mass is 16.1. The van der Waals surface area contributed by atoms with E-state index in [1.165, 1.54) is 13.8 Å². The summed E-state index contributed by atoms with van der Waals surface area (Å²) >= 11 is 0. The molecule has 2 nitrogen and oxygen atoms in total. The van der Waals surface area contributed by atoms with Gasteiger partial charge < -0.3 is 0 Å². The van der Waals surface area contributed by atoms with Gasteiger partial charge in [0.25, 0.3) is 0 Å². The molecule has 0 heterocycles. The van der Waals surface area contributed by atoms with E-state index in [1.807, 2.05) is 13.8 Å². The SMILES string of the molecule is CC(=O)C(C(C)=O)C(C)C. The van der Waals surface area contributed by atoms with E-state index >= 15 is 0 Å². The summed E-state index contributed by atoms with van der Waals surface area (Å²) < 4.78 is 0. The third-order valence-corrected chi connectivity index (χ3v) is 1.54. The summed E-state index contributed by atoms with van der Waals surface area (Å²) in [5, 5.41) is 0.